The van der Waals surface area contributed by atoms with Gasteiger partial charge in [0, 0.05) is 17.6 Å². The van der Waals surface area contributed by atoms with Gasteiger partial charge in [0.2, 0.25) is 5.91 Å². The van der Waals surface area contributed by atoms with E-state index in [2.05, 4.69) is 10.3 Å². The molecular weight excluding hydrogens is 336 g/mol. The molecular formula is C16H17ClN2O3S. The van der Waals surface area contributed by atoms with Crippen LogP contribution in [-0.2, 0) is 14.6 Å². The molecule has 2 aromatic rings. The summed E-state index contributed by atoms with van der Waals surface area (Å²) in [4.78, 5) is 16.2. The first-order valence-corrected chi connectivity index (χ1v) is 9.10. The van der Waals surface area contributed by atoms with Gasteiger partial charge in [-0.05, 0) is 43.3 Å². The van der Waals surface area contributed by atoms with Crippen LogP contribution in [0.15, 0.2) is 53.6 Å². The first-order chi connectivity index (χ1) is 10.9. The third-order valence-corrected chi connectivity index (χ3v) is 5.26. The van der Waals surface area contributed by atoms with E-state index in [9.17, 15) is 13.2 Å². The highest BCUT2D eigenvalue weighted by molar-refractivity contribution is 7.91. The van der Waals surface area contributed by atoms with E-state index < -0.39 is 9.84 Å². The molecule has 1 atom stereocenters. The molecule has 122 valence electrons. The van der Waals surface area contributed by atoms with Crippen LogP contribution in [0.4, 0.5) is 0 Å². The minimum absolute atomic E-state index is 0.109. The van der Waals surface area contributed by atoms with Gasteiger partial charge in [-0.1, -0.05) is 17.7 Å². The molecule has 0 fully saturated rings. The van der Waals surface area contributed by atoms with Crippen LogP contribution in [0.2, 0.25) is 5.02 Å². The van der Waals surface area contributed by atoms with E-state index in [1.807, 2.05) is 6.07 Å². The van der Waals surface area contributed by atoms with Gasteiger partial charge >= 0.3 is 0 Å². The molecule has 1 amide bonds. The normalized spacial score (nSPS) is 12.6. The number of carbonyl (C=O) groups is 1. The van der Waals surface area contributed by atoms with Crippen molar-refractivity contribution < 1.29 is 13.2 Å². The number of benzene rings is 1. The molecule has 23 heavy (non-hydrogen) atoms. The summed E-state index contributed by atoms with van der Waals surface area (Å²) in [6, 6.07) is 11.0. The Morgan fingerprint density at radius 1 is 1.22 bits per heavy atom. The van der Waals surface area contributed by atoms with Gasteiger partial charge in [0.05, 0.1) is 22.4 Å². The molecule has 1 unspecified atom stereocenters. The zero-order valence-electron chi connectivity index (χ0n) is 12.6. The van der Waals surface area contributed by atoms with E-state index in [1.165, 1.54) is 24.3 Å². The number of aromatic nitrogens is 1. The van der Waals surface area contributed by atoms with Gasteiger partial charge in [-0.15, -0.1) is 0 Å². The van der Waals surface area contributed by atoms with Gasteiger partial charge in [0.1, 0.15) is 0 Å². The highest BCUT2D eigenvalue weighted by atomic mass is 35.5. The van der Waals surface area contributed by atoms with E-state index >= 15 is 0 Å². The van der Waals surface area contributed by atoms with Crippen molar-refractivity contribution >= 4 is 27.3 Å². The standard InChI is InChI=1S/C16H17ClN2O3S/c1-12(15-4-2-3-10-18-15)19-16(20)9-11-23(21,22)14-7-5-13(17)6-8-14/h2-8,10,12H,9,11H2,1H3,(H,19,20). The van der Waals surface area contributed by atoms with Gasteiger partial charge in [-0.3, -0.25) is 9.78 Å². The topological polar surface area (TPSA) is 76.1 Å². The Balaban J connectivity index is 1.92. The largest absolute Gasteiger partial charge is 0.348 e. The predicted octanol–water partition coefficient (Wildman–Crippen LogP) is 2.78. The first kappa shape index (κ1) is 17.4. The number of halogens is 1. The zero-order chi connectivity index (χ0) is 16.9. The van der Waals surface area contributed by atoms with Crippen LogP contribution in [0.5, 0.6) is 0 Å². The van der Waals surface area contributed by atoms with Crippen molar-refractivity contribution in [2.45, 2.75) is 24.3 Å². The summed E-state index contributed by atoms with van der Waals surface area (Å²) in [5.74, 6) is -0.587. The Bertz CT molecular complexity index is 762. The number of sulfone groups is 1. The first-order valence-electron chi connectivity index (χ1n) is 7.07. The second-order valence-corrected chi connectivity index (χ2v) is 7.61. The van der Waals surface area contributed by atoms with E-state index in [0.29, 0.717) is 5.02 Å². The molecule has 1 N–H and O–H groups in total. The average molecular weight is 353 g/mol. The Kier molecular flexibility index (Phi) is 5.74. The third kappa shape index (κ3) is 5.04. The lowest BCUT2D eigenvalue weighted by Gasteiger charge is -2.13. The Morgan fingerprint density at radius 2 is 1.91 bits per heavy atom. The number of rotatable bonds is 6. The molecule has 0 saturated carbocycles. The van der Waals surface area contributed by atoms with Crippen molar-refractivity contribution in [1.82, 2.24) is 10.3 Å². The molecule has 0 bridgehead atoms. The molecule has 5 nitrogen and oxygen atoms in total. The van der Waals surface area contributed by atoms with Crippen LogP contribution in [-0.4, -0.2) is 25.1 Å². The number of pyridine rings is 1. The van der Waals surface area contributed by atoms with Crippen molar-refractivity contribution in [3.8, 4) is 0 Å². The number of carbonyl (C=O) groups excluding carboxylic acids is 1. The molecule has 7 heteroatoms. The highest BCUT2D eigenvalue weighted by Crippen LogP contribution is 2.16. The highest BCUT2D eigenvalue weighted by Gasteiger charge is 2.17. The van der Waals surface area contributed by atoms with Gasteiger partial charge in [0.25, 0.3) is 0 Å². The van der Waals surface area contributed by atoms with Gasteiger partial charge in [-0.25, -0.2) is 8.42 Å². The average Bonchev–Trinajstić information content (AvgIpc) is 2.54. The molecule has 0 aliphatic heterocycles. The molecule has 2 rings (SSSR count). The van der Waals surface area contributed by atoms with Crippen molar-refractivity contribution in [3.05, 3.63) is 59.4 Å². The summed E-state index contributed by atoms with van der Waals surface area (Å²) < 4.78 is 24.3. The number of hydrogen-bond acceptors (Lipinski definition) is 4. The Hall–Kier alpha value is -1.92. The van der Waals surface area contributed by atoms with E-state index in [1.54, 1.807) is 25.3 Å². The van der Waals surface area contributed by atoms with Crippen molar-refractivity contribution in [1.29, 1.82) is 0 Å². The molecule has 0 spiro atoms. The van der Waals surface area contributed by atoms with Crippen molar-refractivity contribution in [3.63, 3.8) is 0 Å². The number of hydrogen-bond donors (Lipinski definition) is 1. The maximum Gasteiger partial charge on any atom is 0.221 e. The molecule has 0 aliphatic rings. The van der Waals surface area contributed by atoms with Crippen LogP contribution in [0.25, 0.3) is 0 Å². The minimum atomic E-state index is -3.51. The monoisotopic (exact) mass is 352 g/mol. The Labute approximate surface area is 140 Å². The van der Waals surface area contributed by atoms with Gasteiger partial charge < -0.3 is 5.32 Å². The number of nitrogens with zero attached hydrogens (tertiary/aromatic N) is 1. The Morgan fingerprint density at radius 3 is 2.52 bits per heavy atom. The quantitative estimate of drug-likeness (QED) is 0.867. The SMILES string of the molecule is CC(NC(=O)CCS(=O)(=O)c1ccc(Cl)cc1)c1ccccn1. The summed E-state index contributed by atoms with van der Waals surface area (Å²) in [5, 5.41) is 3.21. The summed E-state index contributed by atoms with van der Waals surface area (Å²) in [6.07, 6.45) is 1.53. The summed E-state index contributed by atoms with van der Waals surface area (Å²) in [6.45, 7) is 1.80. The molecule has 1 heterocycles. The fourth-order valence-electron chi connectivity index (χ4n) is 2.01. The summed E-state index contributed by atoms with van der Waals surface area (Å²) in [5.41, 5.74) is 0.724. The van der Waals surface area contributed by atoms with Crippen LogP contribution in [0.1, 0.15) is 25.1 Å². The van der Waals surface area contributed by atoms with Crippen molar-refractivity contribution in [2.24, 2.45) is 0 Å². The fraction of sp³-hybridized carbons (Fsp3) is 0.250. The third-order valence-electron chi connectivity index (χ3n) is 3.28. The minimum Gasteiger partial charge on any atom is -0.348 e. The molecule has 1 aromatic heterocycles. The van der Waals surface area contributed by atoms with E-state index in [4.69, 9.17) is 11.6 Å². The molecule has 0 radical (unpaired) electrons. The van der Waals surface area contributed by atoms with Crippen LogP contribution < -0.4 is 5.32 Å². The maximum absolute atomic E-state index is 12.2. The van der Waals surface area contributed by atoms with Crippen LogP contribution >= 0.6 is 11.6 Å². The van der Waals surface area contributed by atoms with Crippen LogP contribution in [0.3, 0.4) is 0 Å². The number of amides is 1. The lowest BCUT2D eigenvalue weighted by atomic mass is 10.2. The van der Waals surface area contributed by atoms with E-state index in [-0.39, 0.29) is 29.0 Å². The lowest BCUT2D eigenvalue weighted by molar-refractivity contribution is -0.121. The lowest BCUT2D eigenvalue weighted by Crippen LogP contribution is -2.28. The maximum atomic E-state index is 12.2. The second-order valence-electron chi connectivity index (χ2n) is 5.07. The fourth-order valence-corrected chi connectivity index (χ4v) is 3.37. The smallest absolute Gasteiger partial charge is 0.221 e. The molecule has 0 saturated heterocycles. The van der Waals surface area contributed by atoms with Crippen LogP contribution in [0, 0.1) is 0 Å². The predicted molar refractivity (Wildman–Crippen MR) is 88.9 cm³/mol. The zero-order valence-corrected chi connectivity index (χ0v) is 14.1. The summed E-state index contributed by atoms with van der Waals surface area (Å²) >= 11 is 5.74. The van der Waals surface area contributed by atoms with Gasteiger partial charge in [0.15, 0.2) is 9.84 Å². The van der Waals surface area contributed by atoms with Crippen molar-refractivity contribution in [2.75, 3.05) is 5.75 Å². The summed E-state index contributed by atoms with van der Waals surface area (Å²) in [7, 11) is -3.51. The van der Waals surface area contributed by atoms with E-state index in [0.717, 1.165) is 5.69 Å². The number of nitrogens with one attached hydrogen (secondary N) is 1. The van der Waals surface area contributed by atoms with Gasteiger partial charge in [-0.2, -0.15) is 0 Å². The molecule has 1 aromatic carbocycles. The second kappa shape index (κ2) is 7.57. The molecule has 0 aliphatic carbocycles.